The second-order valence-electron chi connectivity index (χ2n) is 7.45. The van der Waals surface area contributed by atoms with E-state index in [1.165, 1.54) is 0 Å². The van der Waals surface area contributed by atoms with Crippen LogP contribution in [0.4, 0.5) is 0 Å². The zero-order valence-electron chi connectivity index (χ0n) is 17.0. The quantitative estimate of drug-likeness (QED) is 0.599. The molecule has 0 N–H and O–H groups in total. The molecule has 1 atom stereocenters. The zero-order chi connectivity index (χ0) is 21.1. The highest BCUT2D eigenvalue weighted by atomic mass is 16.5. The molecule has 0 amide bonds. The minimum atomic E-state index is -1.07. The maximum atomic E-state index is 10.9. The number of hydrogen-bond donors (Lipinski definition) is 0. The smallest absolute Gasteiger partial charge is 0.126 e. The molecule has 1 heterocycles. The molecule has 30 heavy (non-hydrogen) atoms. The molecule has 154 valence electrons. The Bertz CT molecular complexity index is 1070. The molecule has 3 aromatic carbocycles. The molecule has 0 aliphatic carbocycles. The van der Waals surface area contributed by atoms with Gasteiger partial charge in [-0.1, -0.05) is 30.3 Å². The average molecular weight is 403 g/mol. The summed E-state index contributed by atoms with van der Waals surface area (Å²) in [6.07, 6.45) is -0.0369. The van der Waals surface area contributed by atoms with Crippen LogP contribution in [0.3, 0.4) is 0 Å². The van der Waals surface area contributed by atoms with E-state index in [1.807, 2.05) is 42.5 Å². The molecule has 4 rings (SSSR count). The summed E-state index contributed by atoms with van der Waals surface area (Å²) in [6, 6.07) is 19.9. The topological polar surface area (TPSA) is 67.8 Å². The maximum absolute atomic E-state index is 10.9. The normalized spacial score (nSPS) is 14.7. The Balaban J connectivity index is 1.46. The minimum absolute atomic E-state index is 0.0369. The number of carboxylic acids is 1. The second kappa shape index (κ2) is 8.49. The minimum Gasteiger partial charge on any atom is -0.550 e. The molecule has 5 heteroatoms. The fraction of sp³-hybridized carbons (Fsp3) is 0.240. The van der Waals surface area contributed by atoms with E-state index in [4.69, 9.17) is 14.2 Å². The molecule has 0 aromatic heterocycles. The van der Waals surface area contributed by atoms with E-state index in [0.29, 0.717) is 24.7 Å². The summed E-state index contributed by atoms with van der Waals surface area (Å²) in [5, 5.41) is 10.9. The number of benzene rings is 3. The first kappa shape index (κ1) is 19.8. The van der Waals surface area contributed by atoms with Crippen LogP contribution in [0.1, 0.15) is 29.0 Å². The van der Waals surface area contributed by atoms with Gasteiger partial charge in [-0.25, -0.2) is 0 Å². The standard InChI is InChI=1S/C25H24O5/c1-16-10-20(28-2)6-8-22(16)18-5-3-4-17(11-18)14-29-21-7-9-23-19(12-25(26)27)15-30-24(23)13-21/h3-11,13,19H,12,14-15H2,1-2H3,(H,26,27)/p-1. The number of carboxylic acid groups (broad SMARTS) is 1. The predicted molar refractivity (Wildman–Crippen MR) is 112 cm³/mol. The van der Waals surface area contributed by atoms with Crippen LogP contribution in [-0.2, 0) is 11.4 Å². The Kier molecular flexibility index (Phi) is 5.61. The van der Waals surface area contributed by atoms with Crippen molar-refractivity contribution >= 4 is 5.97 Å². The molecule has 0 spiro atoms. The third-order valence-electron chi connectivity index (χ3n) is 5.36. The summed E-state index contributed by atoms with van der Waals surface area (Å²) in [6.45, 7) is 2.85. The van der Waals surface area contributed by atoms with Crippen molar-refractivity contribution in [3.05, 3.63) is 77.4 Å². The Morgan fingerprint density at radius 2 is 1.93 bits per heavy atom. The molecule has 1 unspecified atom stereocenters. The first-order valence-electron chi connectivity index (χ1n) is 9.87. The monoisotopic (exact) mass is 403 g/mol. The van der Waals surface area contributed by atoms with Gasteiger partial charge in [-0.05, 0) is 59.9 Å². The summed E-state index contributed by atoms with van der Waals surface area (Å²) in [7, 11) is 1.67. The van der Waals surface area contributed by atoms with Crippen molar-refractivity contribution in [1.29, 1.82) is 0 Å². The number of methoxy groups -OCH3 is 1. The van der Waals surface area contributed by atoms with E-state index in [0.717, 1.165) is 33.6 Å². The molecule has 0 saturated carbocycles. The highest BCUT2D eigenvalue weighted by molar-refractivity contribution is 5.69. The van der Waals surface area contributed by atoms with Crippen molar-refractivity contribution in [1.82, 2.24) is 0 Å². The summed E-state index contributed by atoms with van der Waals surface area (Å²) >= 11 is 0. The van der Waals surface area contributed by atoms with Gasteiger partial charge in [-0.2, -0.15) is 0 Å². The van der Waals surface area contributed by atoms with Gasteiger partial charge in [-0.15, -0.1) is 0 Å². The van der Waals surface area contributed by atoms with Gasteiger partial charge in [0.15, 0.2) is 0 Å². The number of aliphatic carboxylic acids is 1. The Hall–Kier alpha value is -3.47. The van der Waals surface area contributed by atoms with Crippen LogP contribution in [0.5, 0.6) is 17.2 Å². The highest BCUT2D eigenvalue weighted by Gasteiger charge is 2.24. The molecule has 0 bridgehead atoms. The number of rotatable bonds is 7. The lowest BCUT2D eigenvalue weighted by Crippen LogP contribution is -2.24. The first-order valence-corrected chi connectivity index (χ1v) is 9.87. The van der Waals surface area contributed by atoms with Gasteiger partial charge < -0.3 is 24.1 Å². The van der Waals surface area contributed by atoms with E-state index in [1.54, 1.807) is 7.11 Å². The zero-order valence-corrected chi connectivity index (χ0v) is 17.0. The Morgan fingerprint density at radius 3 is 2.70 bits per heavy atom. The fourth-order valence-electron chi connectivity index (χ4n) is 3.80. The molecule has 0 saturated heterocycles. The van der Waals surface area contributed by atoms with Crippen molar-refractivity contribution in [2.75, 3.05) is 13.7 Å². The van der Waals surface area contributed by atoms with Crippen molar-refractivity contribution in [3.8, 4) is 28.4 Å². The summed E-state index contributed by atoms with van der Waals surface area (Å²) in [5.41, 5.74) is 5.37. The lowest BCUT2D eigenvalue weighted by atomic mass is 9.98. The maximum Gasteiger partial charge on any atom is 0.126 e. The van der Waals surface area contributed by atoms with E-state index in [2.05, 4.69) is 25.1 Å². The molecular formula is C25H23O5-. The van der Waals surface area contributed by atoms with E-state index < -0.39 is 5.97 Å². The van der Waals surface area contributed by atoms with Crippen LogP contribution in [-0.4, -0.2) is 19.7 Å². The average Bonchev–Trinajstić information content (AvgIpc) is 3.13. The molecular weight excluding hydrogens is 380 g/mol. The third-order valence-corrected chi connectivity index (χ3v) is 5.36. The van der Waals surface area contributed by atoms with Gasteiger partial charge >= 0.3 is 0 Å². The number of carbonyl (C=O) groups is 1. The van der Waals surface area contributed by atoms with Crippen LogP contribution in [0.25, 0.3) is 11.1 Å². The predicted octanol–water partition coefficient (Wildman–Crippen LogP) is 3.87. The number of fused-ring (bicyclic) bond motifs is 1. The fourth-order valence-corrected chi connectivity index (χ4v) is 3.80. The Morgan fingerprint density at radius 1 is 1.10 bits per heavy atom. The largest absolute Gasteiger partial charge is 0.550 e. The number of ether oxygens (including phenoxy) is 3. The molecule has 3 aromatic rings. The summed E-state index contributed by atoms with van der Waals surface area (Å²) in [4.78, 5) is 10.9. The van der Waals surface area contributed by atoms with E-state index in [9.17, 15) is 9.90 Å². The number of carbonyl (C=O) groups excluding carboxylic acids is 1. The van der Waals surface area contributed by atoms with Gasteiger partial charge in [0.25, 0.3) is 0 Å². The van der Waals surface area contributed by atoms with Gasteiger partial charge in [0.05, 0.1) is 13.7 Å². The van der Waals surface area contributed by atoms with Gasteiger partial charge in [-0.3, -0.25) is 0 Å². The van der Waals surface area contributed by atoms with Crippen molar-refractivity contribution in [2.24, 2.45) is 0 Å². The molecule has 0 fully saturated rings. The third kappa shape index (κ3) is 4.25. The van der Waals surface area contributed by atoms with E-state index >= 15 is 0 Å². The van der Waals surface area contributed by atoms with Crippen LogP contribution >= 0.6 is 0 Å². The van der Waals surface area contributed by atoms with Crippen molar-refractivity contribution in [2.45, 2.75) is 25.9 Å². The lowest BCUT2D eigenvalue weighted by molar-refractivity contribution is -0.306. The van der Waals surface area contributed by atoms with Crippen molar-refractivity contribution in [3.63, 3.8) is 0 Å². The highest BCUT2D eigenvalue weighted by Crippen LogP contribution is 2.38. The van der Waals surface area contributed by atoms with Crippen molar-refractivity contribution < 1.29 is 24.1 Å². The SMILES string of the molecule is COc1ccc(-c2cccc(COc3ccc4c(c3)OCC4CC(=O)[O-])c2)c(C)c1. The lowest BCUT2D eigenvalue weighted by Gasteiger charge is -2.12. The number of hydrogen-bond acceptors (Lipinski definition) is 5. The first-order chi connectivity index (χ1) is 14.5. The summed E-state index contributed by atoms with van der Waals surface area (Å²) < 4.78 is 16.9. The second-order valence-corrected chi connectivity index (χ2v) is 7.45. The van der Waals surface area contributed by atoms with Crippen LogP contribution < -0.4 is 19.3 Å². The molecule has 5 nitrogen and oxygen atoms in total. The Labute approximate surface area is 175 Å². The molecule has 1 aliphatic heterocycles. The van der Waals surface area contributed by atoms with Gasteiger partial charge in [0.2, 0.25) is 0 Å². The van der Waals surface area contributed by atoms with Gasteiger partial charge in [0.1, 0.15) is 23.9 Å². The van der Waals surface area contributed by atoms with Crippen LogP contribution in [0.2, 0.25) is 0 Å². The number of aryl methyl sites for hydroxylation is 1. The molecule has 1 aliphatic rings. The van der Waals surface area contributed by atoms with Gasteiger partial charge in [0, 0.05) is 23.5 Å². The van der Waals surface area contributed by atoms with E-state index in [-0.39, 0.29) is 12.3 Å². The van der Waals surface area contributed by atoms with Crippen LogP contribution in [0.15, 0.2) is 60.7 Å². The molecule has 0 radical (unpaired) electrons. The van der Waals surface area contributed by atoms with Crippen LogP contribution in [0, 0.1) is 6.92 Å². The summed E-state index contributed by atoms with van der Waals surface area (Å²) in [5.74, 6) is 0.985.